The van der Waals surface area contributed by atoms with E-state index in [9.17, 15) is 26.4 Å². The van der Waals surface area contributed by atoms with Gasteiger partial charge in [-0.05, 0) is 30.3 Å². The number of thioether (sulfide) groups is 1. The first kappa shape index (κ1) is 23.2. The van der Waals surface area contributed by atoms with Gasteiger partial charge in [0.1, 0.15) is 0 Å². The molecule has 0 spiro atoms. The van der Waals surface area contributed by atoms with Crippen molar-refractivity contribution < 1.29 is 26.4 Å². The van der Waals surface area contributed by atoms with Gasteiger partial charge in [0.15, 0.2) is 0 Å². The molecule has 1 aromatic carbocycles. The predicted octanol–water partition coefficient (Wildman–Crippen LogP) is 3.86. The fraction of sp³-hybridized carbons (Fsp3) is 0.333. The molecule has 11 heteroatoms. The summed E-state index contributed by atoms with van der Waals surface area (Å²) in [6.45, 7) is 4.12. The maximum Gasteiger partial charge on any atom is 0.417 e. The number of hydrogen-bond acceptors (Lipinski definition) is 5. The van der Waals surface area contributed by atoms with Crippen LogP contribution in [0.2, 0.25) is 0 Å². The molecule has 29 heavy (non-hydrogen) atoms. The topological polar surface area (TPSA) is 79.4 Å². The number of rotatable bonds is 8. The van der Waals surface area contributed by atoms with Crippen molar-refractivity contribution in [1.82, 2.24) is 9.29 Å². The molecule has 0 aliphatic heterocycles. The molecule has 2 rings (SSSR count). The van der Waals surface area contributed by atoms with Crippen LogP contribution in [0.5, 0.6) is 0 Å². The zero-order valence-corrected chi connectivity index (χ0v) is 17.4. The first-order valence-corrected chi connectivity index (χ1v) is 11.1. The van der Waals surface area contributed by atoms with E-state index in [1.807, 2.05) is 0 Å². The zero-order valence-electron chi connectivity index (χ0n) is 15.7. The first-order chi connectivity index (χ1) is 13.6. The molecule has 1 amide bonds. The van der Waals surface area contributed by atoms with Crippen LogP contribution in [0.3, 0.4) is 0 Å². The molecular weight excluding hydrogens is 427 g/mol. The summed E-state index contributed by atoms with van der Waals surface area (Å²) in [5.74, 6) is -0.528. The van der Waals surface area contributed by atoms with E-state index in [1.54, 1.807) is 19.9 Å². The maximum atomic E-state index is 12.6. The molecule has 0 aliphatic carbocycles. The van der Waals surface area contributed by atoms with Crippen LogP contribution in [-0.4, -0.2) is 42.5 Å². The van der Waals surface area contributed by atoms with Crippen LogP contribution in [0.15, 0.2) is 52.5 Å². The number of aromatic nitrogens is 1. The molecule has 0 saturated heterocycles. The Labute approximate surface area is 171 Å². The minimum Gasteiger partial charge on any atom is -0.325 e. The molecule has 1 heterocycles. The Kier molecular flexibility index (Phi) is 7.66. The van der Waals surface area contributed by atoms with E-state index < -0.39 is 27.7 Å². The van der Waals surface area contributed by atoms with Gasteiger partial charge in [0.25, 0.3) is 0 Å². The van der Waals surface area contributed by atoms with Gasteiger partial charge in [-0.2, -0.15) is 17.5 Å². The highest BCUT2D eigenvalue weighted by Crippen LogP contribution is 2.29. The number of sulfonamides is 1. The number of hydrogen-bond donors (Lipinski definition) is 1. The van der Waals surface area contributed by atoms with Crippen LogP contribution < -0.4 is 5.32 Å². The number of halogens is 3. The van der Waals surface area contributed by atoms with Gasteiger partial charge >= 0.3 is 6.18 Å². The van der Waals surface area contributed by atoms with E-state index in [4.69, 9.17) is 0 Å². The minimum absolute atomic E-state index is 0.0658. The number of nitrogens with zero attached hydrogens (tertiary/aromatic N) is 2. The molecule has 158 valence electrons. The first-order valence-electron chi connectivity index (χ1n) is 8.64. The largest absolute Gasteiger partial charge is 0.417 e. The third-order valence-electron chi connectivity index (χ3n) is 3.88. The third kappa shape index (κ3) is 6.18. The molecule has 0 bridgehead atoms. The summed E-state index contributed by atoms with van der Waals surface area (Å²) < 4.78 is 64.0. The van der Waals surface area contributed by atoms with Crippen molar-refractivity contribution >= 4 is 33.4 Å². The summed E-state index contributed by atoms with van der Waals surface area (Å²) in [6, 6.07) is 7.99. The van der Waals surface area contributed by atoms with Crippen molar-refractivity contribution in [2.75, 3.05) is 24.2 Å². The number of alkyl halides is 3. The van der Waals surface area contributed by atoms with Crippen molar-refractivity contribution in [2.45, 2.75) is 29.9 Å². The molecule has 0 saturated carbocycles. The van der Waals surface area contributed by atoms with Gasteiger partial charge in [0.05, 0.1) is 21.2 Å². The highest BCUT2D eigenvalue weighted by molar-refractivity contribution is 7.99. The highest BCUT2D eigenvalue weighted by Gasteiger charge is 2.30. The fourth-order valence-corrected chi connectivity index (χ4v) is 4.56. The highest BCUT2D eigenvalue weighted by atomic mass is 32.2. The van der Waals surface area contributed by atoms with Crippen molar-refractivity contribution in [3.05, 3.63) is 48.2 Å². The summed E-state index contributed by atoms with van der Waals surface area (Å²) in [5.41, 5.74) is -0.554. The van der Waals surface area contributed by atoms with Gasteiger partial charge < -0.3 is 5.32 Å². The molecular formula is C18H20F3N3O3S2. The second-order valence-corrected chi connectivity index (χ2v) is 8.77. The van der Waals surface area contributed by atoms with Crippen LogP contribution in [0.25, 0.3) is 0 Å². The standard InChI is InChI=1S/C18H20F3N3O3S2/c1-3-24(4-2)29(26,27)15-7-5-6-14(10-15)23-16(25)12-28-17-9-8-13(11-22-17)18(19,20)21/h5-11H,3-4,12H2,1-2H3,(H,23,25). The lowest BCUT2D eigenvalue weighted by atomic mass is 10.3. The molecule has 1 N–H and O–H groups in total. The molecule has 0 aliphatic rings. The van der Waals surface area contributed by atoms with Crippen LogP contribution >= 0.6 is 11.8 Å². The molecule has 6 nitrogen and oxygen atoms in total. The van der Waals surface area contributed by atoms with Gasteiger partial charge in [-0.25, -0.2) is 13.4 Å². The van der Waals surface area contributed by atoms with E-state index in [-0.39, 0.29) is 15.7 Å². The Bertz CT molecular complexity index is 945. The Balaban J connectivity index is 2.01. The maximum absolute atomic E-state index is 12.6. The molecule has 1 aromatic heterocycles. The lowest BCUT2D eigenvalue weighted by molar-refractivity contribution is -0.137. The Morgan fingerprint density at radius 3 is 2.41 bits per heavy atom. The molecule has 0 radical (unpaired) electrons. The second-order valence-electron chi connectivity index (χ2n) is 5.84. The molecule has 2 aromatic rings. The van der Waals surface area contributed by atoms with Crippen LogP contribution in [0, 0.1) is 0 Å². The number of amides is 1. The van der Waals surface area contributed by atoms with Gasteiger partial charge in [0, 0.05) is 25.0 Å². The van der Waals surface area contributed by atoms with E-state index in [2.05, 4.69) is 10.3 Å². The quantitative estimate of drug-likeness (QED) is 0.622. The number of carbonyl (C=O) groups excluding carboxylic acids is 1. The Hall–Kier alpha value is -2.11. The SMILES string of the molecule is CCN(CC)S(=O)(=O)c1cccc(NC(=O)CSc2ccc(C(F)(F)F)cn2)c1. The van der Waals surface area contributed by atoms with Gasteiger partial charge in [0.2, 0.25) is 15.9 Å². The predicted molar refractivity (Wildman–Crippen MR) is 105 cm³/mol. The van der Waals surface area contributed by atoms with Gasteiger partial charge in [-0.1, -0.05) is 31.7 Å². The van der Waals surface area contributed by atoms with Crippen molar-refractivity contribution in [3.63, 3.8) is 0 Å². The monoisotopic (exact) mass is 447 g/mol. The van der Waals surface area contributed by atoms with Gasteiger partial charge in [-0.3, -0.25) is 4.79 Å². The summed E-state index contributed by atoms with van der Waals surface area (Å²) >= 11 is 0.972. The number of nitrogens with one attached hydrogen (secondary N) is 1. The van der Waals surface area contributed by atoms with Crippen LogP contribution in [-0.2, 0) is 21.0 Å². The lowest BCUT2D eigenvalue weighted by Gasteiger charge is -2.18. The van der Waals surface area contributed by atoms with E-state index in [0.717, 1.165) is 17.8 Å². The molecule has 0 unspecified atom stereocenters. The van der Waals surface area contributed by atoms with E-state index >= 15 is 0 Å². The summed E-state index contributed by atoms with van der Waals surface area (Å²) in [7, 11) is -3.66. The van der Waals surface area contributed by atoms with Gasteiger partial charge in [-0.15, -0.1) is 0 Å². The number of benzene rings is 1. The van der Waals surface area contributed by atoms with E-state index in [1.165, 1.54) is 28.6 Å². The van der Waals surface area contributed by atoms with Crippen molar-refractivity contribution in [2.24, 2.45) is 0 Å². The average molecular weight is 448 g/mol. The van der Waals surface area contributed by atoms with Crippen LogP contribution in [0.4, 0.5) is 18.9 Å². The summed E-state index contributed by atoms with van der Waals surface area (Å²) in [5, 5.41) is 2.85. The fourth-order valence-electron chi connectivity index (χ4n) is 2.42. The second kappa shape index (κ2) is 9.59. The summed E-state index contributed by atoms with van der Waals surface area (Å²) in [6.07, 6.45) is -3.76. The third-order valence-corrected chi connectivity index (χ3v) is 6.87. The minimum atomic E-state index is -4.47. The number of pyridine rings is 1. The van der Waals surface area contributed by atoms with Crippen LogP contribution in [0.1, 0.15) is 19.4 Å². The molecule has 0 atom stereocenters. The smallest absolute Gasteiger partial charge is 0.325 e. The normalized spacial score (nSPS) is 12.2. The van der Waals surface area contributed by atoms with Crippen molar-refractivity contribution in [1.29, 1.82) is 0 Å². The zero-order chi connectivity index (χ0) is 21.7. The number of carbonyl (C=O) groups is 1. The Morgan fingerprint density at radius 2 is 1.86 bits per heavy atom. The molecule has 0 fully saturated rings. The average Bonchev–Trinajstić information content (AvgIpc) is 2.67. The lowest BCUT2D eigenvalue weighted by Crippen LogP contribution is -2.30. The van der Waals surface area contributed by atoms with Crippen molar-refractivity contribution in [3.8, 4) is 0 Å². The summed E-state index contributed by atoms with van der Waals surface area (Å²) in [4.78, 5) is 15.9. The Morgan fingerprint density at radius 1 is 1.17 bits per heavy atom. The number of anilines is 1. The van der Waals surface area contributed by atoms with E-state index in [0.29, 0.717) is 25.0 Å².